The molecule has 0 aliphatic carbocycles. The third-order valence-electron chi connectivity index (χ3n) is 5.76. The van der Waals surface area contributed by atoms with Crippen LogP contribution in [0.3, 0.4) is 0 Å². The molecule has 6 nitrogen and oxygen atoms in total. The number of hydrogen-bond acceptors (Lipinski definition) is 4. The Morgan fingerprint density at radius 3 is 1.90 bits per heavy atom. The summed E-state index contributed by atoms with van der Waals surface area (Å²) in [7, 11) is 1.41. The SMILES string of the molecule is COC(=O)CCCCCCCCN1C(=O)NC(c2ccccc2)(c2ccccc2)C1=O. The number of nitrogens with zero attached hydrogens (tertiary/aromatic N) is 1. The maximum absolute atomic E-state index is 13.5. The van der Waals surface area contributed by atoms with Crippen molar-refractivity contribution in [2.75, 3.05) is 13.7 Å². The first kappa shape index (κ1) is 22.5. The van der Waals surface area contributed by atoms with Crippen molar-refractivity contribution in [3.05, 3.63) is 71.8 Å². The molecule has 1 N–H and O–H groups in total. The van der Waals surface area contributed by atoms with E-state index in [2.05, 4.69) is 10.1 Å². The molecule has 164 valence electrons. The molecule has 1 saturated heterocycles. The number of methoxy groups -OCH3 is 1. The van der Waals surface area contributed by atoms with Gasteiger partial charge in [-0.3, -0.25) is 14.5 Å². The second-order valence-electron chi connectivity index (χ2n) is 7.82. The van der Waals surface area contributed by atoms with Crippen molar-refractivity contribution >= 4 is 17.9 Å². The Morgan fingerprint density at radius 2 is 1.35 bits per heavy atom. The lowest BCUT2D eigenvalue weighted by Gasteiger charge is -2.28. The van der Waals surface area contributed by atoms with E-state index >= 15 is 0 Å². The molecule has 1 heterocycles. The van der Waals surface area contributed by atoms with Gasteiger partial charge in [-0.05, 0) is 24.0 Å². The normalized spacial score (nSPS) is 15.1. The largest absolute Gasteiger partial charge is 0.469 e. The highest BCUT2D eigenvalue weighted by Gasteiger charge is 2.53. The molecule has 0 atom stereocenters. The topological polar surface area (TPSA) is 75.7 Å². The van der Waals surface area contributed by atoms with Crippen molar-refractivity contribution in [1.29, 1.82) is 0 Å². The summed E-state index contributed by atoms with van der Waals surface area (Å²) < 4.78 is 4.64. The molecule has 2 aromatic rings. The van der Waals surface area contributed by atoms with Gasteiger partial charge in [0.2, 0.25) is 0 Å². The van der Waals surface area contributed by atoms with Gasteiger partial charge in [-0.15, -0.1) is 0 Å². The maximum Gasteiger partial charge on any atom is 0.325 e. The number of rotatable bonds is 11. The van der Waals surface area contributed by atoms with Gasteiger partial charge in [0.1, 0.15) is 0 Å². The molecule has 6 heteroatoms. The van der Waals surface area contributed by atoms with Gasteiger partial charge in [-0.25, -0.2) is 4.79 Å². The number of urea groups is 1. The smallest absolute Gasteiger partial charge is 0.325 e. The summed E-state index contributed by atoms with van der Waals surface area (Å²) in [6.45, 7) is 0.397. The van der Waals surface area contributed by atoms with E-state index in [9.17, 15) is 14.4 Å². The molecular formula is C25H30N2O4. The molecule has 1 fully saturated rings. The Labute approximate surface area is 183 Å². The Hall–Kier alpha value is -3.15. The first-order valence-corrected chi connectivity index (χ1v) is 10.9. The van der Waals surface area contributed by atoms with Gasteiger partial charge in [-0.2, -0.15) is 0 Å². The molecule has 2 aromatic carbocycles. The van der Waals surface area contributed by atoms with Gasteiger partial charge in [0.25, 0.3) is 5.91 Å². The van der Waals surface area contributed by atoms with Crippen molar-refractivity contribution in [2.45, 2.75) is 50.5 Å². The highest BCUT2D eigenvalue weighted by Crippen LogP contribution is 2.36. The number of imide groups is 1. The minimum atomic E-state index is -1.19. The van der Waals surface area contributed by atoms with Gasteiger partial charge in [0.15, 0.2) is 5.54 Å². The van der Waals surface area contributed by atoms with Crippen LogP contribution in [0, 0.1) is 0 Å². The molecule has 3 rings (SSSR count). The van der Waals surface area contributed by atoms with Gasteiger partial charge >= 0.3 is 12.0 Å². The van der Waals surface area contributed by atoms with E-state index in [1.807, 2.05) is 60.7 Å². The molecule has 0 radical (unpaired) electrons. The fourth-order valence-electron chi connectivity index (χ4n) is 4.06. The average molecular weight is 423 g/mol. The summed E-state index contributed by atoms with van der Waals surface area (Å²) >= 11 is 0. The third kappa shape index (κ3) is 5.13. The highest BCUT2D eigenvalue weighted by atomic mass is 16.5. The van der Waals surface area contributed by atoms with Crippen LogP contribution < -0.4 is 5.32 Å². The lowest BCUT2D eigenvalue weighted by Crippen LogP contribution is -2.45. The first-order valence-electron chi connectivity index (χ1n) is 10.9. The number of hydrogen-bond donors (Lipinski definition) is 1. The summed E-state index contributed by atoms with van der Waals surface area (Å²) in [5.41, 5.74) is 0.327. The number of nitrogens with one attached hydrogen (secondary N) is 1. The van der Waals surface area contributed by atoms with Crippen LogP contribution in [0.2, 0.25) is 0 Å². The number of unbranched alkanes of at least 4 members (excludes halogenated alkanes) is 5. The van der Waals surface area contributed by atoms with Crippen molar-refractivity contribution in [3.8, 4) is 0 Å². The molecule has 0 aromatic heterocycles. The Bertz CT molecular complexity index is 843. The zero-order valence-corrected chi connectivity index (χ0v) is 18.0. The minimum absolute atomic E-state index is 0.168. The van der Waals surface area contributed by atoms with Gasteiger partial charge in [0.05, 0.1) is 7.11 Å². The van der Waals surface area contributed by atoms with Crippen LogP contribution in [-0.2, 0) is 19.9 Å². The van der Waals surface area contributed by atoms with Gasteiger partial charge in [0, 0.05) is 13.0 Å². The van der Waals surface area contributed by atoms with Crippen LogP contribution in [-0.4, -0.2) is 36.5 Å². The van der Waals surface area contributed by atoms with E-state index in [1.54, 1.807) is 0 Å². The van der Waals surface area contributed by atoms with Crippen LogP contribution >= 0.6 is 0 Å². The Morgan fingerprint density at radius 1 is 0.839 bits per heavy atom. The Balaban J connectivity index is 1.59. The number of ether oxygens (including phenoxy) is 1. The Kier molecular flexibility index (Phi) is 7.82. The quantitative estimate of drug-likeness (QED) is 0.331. The number of benzene rings is 2. The average Bonchev–Trinajstić information content (AvgIpc) is 3.07. The lowest BCUT2D eigenvalue weighted by atomic mass is 9.82. The molecule has 0 saturated carbocycles. The van der Waals surface area contributed by atoms with E-state index < -0.39 is 5.54 Å². The van der Waals surface area contributed by atoms with Crippen LogP contribution in [0.4, 0.5) is 4.79 Å². The van der Waals surface area contributed by atoms with Crippen molar-refractivity contribution in [3.63, 3.8) is 0 Å². The number of amides is 3. The standard InChI is InChI=1S/C25H30N2O4/c1-31-22(28)18-12-4-2-3-5-13-19-27-23(29)25(26-24(27)30,20-14-8-6-9-15-20)21-16-10-7-11-17-21/h6-11,14-17H,2-5,12-13,18-19H2,1H3,(H,26,30). The van der Waals surface area contributed by atoms with E-state index in [0.29, 0.717) is 13.0 Å². The zero-order chi connectivity index (χ0) is 22.1. The number of carbonyl (C=O) groups excluding carboxylic acids is 3. The monoisotopic (exact) mass is 422 g/mol. The van der Waals surface area contributed by atoms with Crippen molar-refractivity contribution in [2.24, 2.45) is 0 Å². The number of carbonyl (C=O) groups is 3. The van der Waals surface area contributed by atoms with Crippen LogP contribution in [0.5, 0.6) is 0 Å². The minimum Gasteiger partial charge on any atom is -0.469 e. The van der Waals surface area contributed by atoms with Crippen LogP contribution in [0.15, 0.2) is 60.7 Å². The predicted molar refractivity (Wildman–Crippen MR) is 118 cm³/mol. The molecule has 1 aliphatic rings. The zero-order valence-electron chi connectivity index (χ0n) is 18.0. The lowest BCUT2D eigenvalue weighted by molar-refractivity contribution is -0.140. The summed E-state index contributed by atoms with van der Waals surface area (Å²) in [5.74, 6) is -0.396. The van der Waals surface area contributed by atoms with E-state index in [0.717, 1.165) is 49.7 Å². The van der Waals surface area contributed by atoms with Gasteiger partial charge in [-0.1, -0.05) is 86.3 Å². The van der Waals surface area contributed by atoms with E-state index in [-0.39, 0.29) is 17.9 Å². The molecule has 3 amide bonds. The second kappa shape index (κ2) is 10.8. The number of esters is 1. The highest BCUT2D eigenvalue weighted by molar-refractivity contribution is 6.09. The molecular weight excluding hydrogens is 392 g/mol. The third-order valence-corrected chi connectivity index (χ3v) is 5.76. The summed E-state index contributed by atoms with van der Waals surface area (Å²) in [4.78, 5) is 38.8. The maximum atomic E-state index is 13.5. The van der Waals surface area contributed by atoms with Crippen LogP contribution in [0.25, 0.3) is 0 Å². The van der Waals surface area contributed by atoms with Gasteiger partial charge < -0.3 is 10.1 Å². The van der Waals surface area contributed by atoms with Crippen LogP contribution in [0.1, 0.15) is 56.1 Å². The molecule has 0 spiro atoms. The van der Waals surface area contributed by atoms with Crippen molar-refractivity contribution in [1.82, 2.24) is 10.2 Å². The fourth-order valence-corrected chi connectivity index (χ4v) is 4.06. The van der Waals surface area contributed by atoms with E-state index in [1.165, 1.54) is 12.0 Å². The summed E-state index contributed by atoms with van der Waals surface area (Å²) in [6.07, 6.45) is 5.98. The predicted octanol–water partition coefficient (Wildman–Crippen LogP) is 4.39. The van der Waals surface area contributed by atoms with Crippen molar-refractivity contribution < 1.29 is 19.1 Å². The summed E-state index contributed by atoms with van der Waals surface area (Å²) in [5, 5.41) is 2.98. The summed E-state index contributed by atoms with van der Waals surface area (Å²) in [6, 6.07) is 18.5. The van der Waals surface area contributed by atoms with E-state index in [4.69, 9.17) is 0 Å². The molecule has 0 unspecified atom stereocenters. The second-order valence-corrected chi connectivity index (χ2v) is 7.82. The first-order chi connectivity index (χ1) is 15.1. The molecule has 1 aliphatic heterocycles. The molecule has 0 bridgehead atoms. The fraction of sp³-hybridized carbons (Fsp3) is 0.400. The molecule has 31 heavy (non-hydrogen) atoms.